The number of anilines is 1. The van der Waals surface area contributed by atoms with Crippen LogP contribution < -0.4 is 11.1 Å². The predicted octanol–water partition coefficient (Wildman–Crippen LogP) is 0.906. The van der Waals surface area contributed by atoms with E-state index in [1.54, 1.807) is 6.07 Å². The van der Waals surface area contributed by atoms with Crippen LogP contribution in [0.25, 0.3) is 0 Å². The minimum Gasteiger partial charge on any atom is -0.376 e. The Bertz CT molecular complexity index is 478. The van der Waals surface area contributed by atoms with Gasteiger partial charge in [-0.2, -0.15) is 0 Å². The van der Waals surface area contributed by atoms with Gasteiger partial charge >= 0.3 is 0 Å². The summed E-state index contributed by atoms with van der Waals surface area (Å²) in [5, 5.41) is 13.8. The molecule has 1 aliphatic heterocycles. The van der Waals surface area contributed by atoms with Crippen molar-refractivity contribution in [3.63, 3.8) is 0 Å². The van der Waals surface area contributed by atoms with Crippen LogP contribution in [0.15, 0.2) is 18.3 Å². The summed E-state index contributed by atoms with van der Waals surface area (Å²) in [4.78, 5) is 14.1. The molecule has 7 heteroatoms. The van der Waals surface area contributed by atoms with Gasteiger partial charge in [-0.05, 0) is 18.9 Å². The van der Waals surface area contributed by atoms with Crippen molar-refractivity contribution in [2.24, 2.45) is 11.7 Å². The first-order valence-electron chi connectivity index (χ1n) is 6.41. The van der Waals surface area contributed by atoms with Crippen molar-refractivity contribution in [1.82, 2.24) is 4.98 Å². The minimum atomic E-state index is -0.466. The molecule has 19 heavy (non-hydrogen) atoms. The molecular weight excluding hydrogens is 248 g/mol. The third-order valence-electron chi connectivity index (χ3n) is 3.95. The molecule has 0 amide bonds. The zero-order valence-electron chi connectivity index (χ0n) is 10.4. The summed E-state index contributed by atoms with van der Waals surface area (Å²) in [6, 6.07) is 3.13. The summed E-state index contributed by atoms with van der Waals surface area (Å²) in [5.41, 5.74) is 6.11. The fraction of sp³-hybridized carbons (Fsp3) is 0.583. The number of fused-ring (bicyclic) bond motifs is 1. The van der Waals surface area contributed by atoms with Gasteiger partial charge in [0, 0.05) is 24.6 Å². The van der Waals surface area contributed by atoms with Crippen molar-refractivity contribution in [2.45, 2.75) is 31.0 Å². The Balaban J connectivity index is 1.66. The molecule has 3 N–H and O–H groups in total. The number of nitrogens with two attached hydrogens (primary N) is 1. The average molecular weight is 264 g/mol. The summed E-state index contributed by atoms with van der Waals surface area (Å²) < 4.78 is 5.72. The largest absolute Gasteiger partial charge is 0.376 e. The molecule has 1 aromatic heterocycles. The maximum absolute atomic E-state index is 10.5. The van der Waals surface area contributed by atoms with Crippen molar-refractivity contribution in [3.05, 3.63) is 28.4 Å². The summed E-state index contributed by atoms with van der Waals surface area (Å²) in [5.74, 6) is 1.02. The number of nitrogens with one attached hydrogen (secondary N) is 1. The molecular formula is C12H16N4O3. The van der Waals surface area contributed by atoms with Crippen LogP contribution in [0.2, 0.25) is 0 Å². The van der Waals surface area contributed by atoms with Gasteiger partial charge in [-0.15, -0.1) is 0 Å². The molecule has 1 saturated heterocycles. The van der Waals surface area contributed by atoms with Gasteiger partial charge in [0.05, 0.1) is 17.1 Å². The first kappa shape index (κ1) is 12.3. The number of nitrogens with zero attached hydrogens (tertiary/aromatic N) is 2. The van der Waals surface area contributed by atoms with Crippen molar-refractivity contribution in [2.75, 3.05) is 11.9 Å². The van der Waals surface area contributed by atoms with Crippen LogP contribution in [-0.2, 0) is 4.74 Å². The highest BCUT2D eigenvalue weighted by Gasteiger charge is 2.50. The Morgan fingerprint density at radius 2 is 2.37 bits per heavy atom. The molecule has 4 atom stereocenters. The zero-order valence-corrected chi connectivity index (χ0v) is 10.4. The Kier molecular flexibility index (Phi) is 3.08. The van der Waals surface area contributed by atoms with Crippen LogP contribution in [-0.4, -0.2) is 34.7 Å². The molecule has 0 spiro atoms. The van der Waals surface area contributed by atoms with Gasteiger partial charge in [0.15, 0.2) is 0 Å². The van der Waals surface area contributed by atoms with Crippen LogP contribution in [0, 0.1) is 16.0 Å². The number of nitro groups is 1. The van der Waals surface area contributed by atoms with Crippen LogP contribution >= 0.6 is 0 Å². The molecule has 7 nitrogen and oxygen atoms in total. The van der Waals surface area contributed by atoms with Crippen LogP contribution in [0.1, 0.15) is 12.8 Å². The molecule has 0 bridgehead atoms. The van der Waals surface area contributed by atoms with E-state index in [0.29, 0.717) is 11.7 Å². The third kappa shape index (κ3) is 2.15. The second-order valence-electron chi connectivity index (χ2n) is 5.05. The van der Waals surface area contributed by atoms with E-state index >= 15 is 0 Å². The van der Waals surface area contributed by atoms with Gasteiger partial charge in [0.25, 0.3) is 5.69 Å². The fourth-order valence-corrected chi connectivity index (χ4v) is 2.88. The molecule has 0 aromatic carbocycles. The molecule has 1 aliphatic carbocycles. The monoisotopic (exact) mass is 264 g/mol. The summed E-state index contributed by atoms with van der Waals surface area (Å²) >= 11 is 0. The summed E-state index contributed by atoms with van der Waals surface area (Å²) in [6.07, 6.45) is 3.56. The van der Waals surface area contributed by atoms with Gasteiger partial charge in [0.2, 0.25) is 0 Å². The first-order valence-corrected chi connectivity index (χ1v) is 6.41. The maximum atomic E-state index is 10.5. The second-order valence-corrected chi connectivity index (χ2v) is 5.05. The Labute approximate surface area is 110 Å². The normalized spacial score (nSPS) is 33.1. The molecule has 102 valence electrons. The van der Waals surface area contributed by atoms with Crippen LogP contribution in [0.4, 0.5) is 11.5 Å². The number of ether oxygens (including phenoxy) is 1. The van der Waals surface area contributed by atoms with E-state index in [0.717, 1.165) is 19.4 Å². The molecule has 2 heterocycles. The molecule has 3 rings (SSSR count). The van der Waals surface area contributed by atoms with Crippen molar-refractivity contribution in [3.8, 4) is 0 Å². The highest BCUT2D eigenvalue weighted by atomic mass is 16.6. The number of rotatable bonds is 3. The SMILES string of the molecule is NC1C2CCCOC2C1Nc1ccc([N+](=O)[O-])cn1. The van der Waals surface area contributed by atoms with E-state index in [4.69, 9.17) is 10.5 Å². The lowest BCUT2D eigenvalue weighted by molar-refractivity contribution is -0.385. The van der Waals surface area contributed by atoms with Gasteiger partial charge in [-0.25, -0.2) is 4.98 Å². The van der Waals surface area contributed by atoms with Gasteiger partial charge in [-0.1, -0.05) is 0 Å². The Hall–Kier alpha value is -1.73. The molecule has 1 saturated carbocycles. The lowest BCUT2D eigenvalue weighted by Crippen LogP contribution is -2.69. The lowest BCUT2D eigenvalue weighted by Gasteiger charge is -2.52. The maximum Gasteiger partial charge on any atom is 0.287 e. The van der Waals surface area contributed by atoms with Crippen LogP contribution in [0.5, 0.6) is 0 Å². The Morgan fingerprint density at radius 3 is 3.05 bits per heavy atom. The zero-order chi connectivity index (χ0) is 13.4. The third-order valence-corrected chi connectivity index (χ3v) is 3.95. The van der Waals surface area contributed by atoms with E-state index in [1.165, 1.54) is 12.3 Å². The predicted molar refractivity (Wildman–Crippen MR) is 68.7 cm³/mol. The van der Waals surface area contributed by atoms with Gasteiger partial charge < -0.3 is 15.8 Å². The summed E-state index contributed by atoms with van der Waals surface area (Å²) in [6.45, 7) is 0.778. The first-order chi connectivity index (χ1) is 9.16. The fourth-order valence-electron chi connectivity index (χ4n) is 2.88. The number of pyridine rings is 1. The van der Waals surface area contributed by atoms with E-state index < -0.39 is 4.92 Å². The highest BCUT2D eigenvalue weighted by molar-refractivity contribution is 5.42. The molecule has 1 aromatic rings. The van der Waals surface area contributed by atoms with Crippen LogP contribution in [0.3, 0.4) is 0 Å². The number of hydrogen-bond acceptors (Lipinski definition) is 6. The van der Waals surface area contributed by atoms with Gasteiger partial charge in [-0.3, -0.25) is 10.1 Å². The minimum absolute atomic E-state index is 0.0183. The Morgan fingerprint density at radius 1 is 1.53 bits per heavy atom. The molecule has 2 fully saturated rings. The standard InChI is InChI=1S/C12H16N4O3/c13-10-8-2-1-5-19-12(8)11(10)15-9-4-3-7(6-14-9)16(17)18/h3-4,6,8,10-12H,1-2,5,13H2,(H,14,15). The smallest absolute Gasteiger partial charge is 0.287 e. The molecule has 2 aliphatic rings. The average Bonchev–Trinajstić information content (AvgIpc) is 2.45. The lowest BCUT2D eigenvalue weighted by atomic mass is 9.68. The van der Waals surface area contributed by atoms with Gasteiger partial charge in [0.1, 0.15) is 12.0 Å². The quantitative estimate of drug-likeness (QED) is 0.621. The topological polar surface area (TPSA) is 103 Å². The van der Waals surface area contributed by atoms with Crippen molar-refractivity contribution < 1.29 is 9.66 Å². The van der Waals surface area contributed by atoms with E-state index in [1.807, 2.05) is 0 Å². The molecule has 4 unspecified atom stereocenters. The summed E-state index contributed by atoms with van der Waals surface area (Å²) in [7, 11) is 0. The second kappa shape index (κ2) is 4.75. The number of aromatic nitrogens is 1. The van der Waals surface area contributed by atoms with Crippen molar-refractivity contribution in [1.29, 1.82) is 0 Å². The highest BCUT2D eigenvalue weighted by Crippen LogP contribution is 2.38. The molecule has 0 radical (unpaired) electrons. The van der Waals surface area contributed by atoms with E-state index in [9.17, 15) is 10.1 Å². The van der Waals surface area contributed by atoms with E-state index in [-0.39, 0.29) is 23.9 Å². The van der Waals surface area contributed by atoms with Crippen molar-refractivity contribution >= 4 is 11.5 Å². The van der Waals surface area contributed by atoms with E-state index in [2.05, 4.69) is 10.3 Å². The number of hydrogen-bond donors (Lipinski definition) is 2.